The SMILES string of the molecule is CNC(=O)C(=O)C(C)C.[HH]. The molecular formula is C6H13NO2. The zero-order chi connectivity index (χ0) is 7.44. The Morgan fingerprint density at radius 1 is 1.44 bits per heavy atom. The molecule has 3 nitrogen and oxygen atoms in total. The van der Waals surface area contributed by atoms with Gasteiger partial charge in [-0.15, -0.1) is 0 Å². The Kier molecular flexibility index (Phi) is 2.91. The molecule has 0 radical (unpaired) electrons. The molecule has 0 atom stereocenters. The van der Waals surface area contributed by atoms with Gasteiger partial charge in [-0.1, -0.05) is 13.8 Å². The first-order valence-electron chi connectivity index (χ1n) is 2.85. The van der Waals surface area contributed by atoms with Crippen molar-refractivity contribution in [3.8, 4) is 0 Å². The normalized spacial score (nSPS) is 9.33. The zero-order valence-corrected chi connectivity index (χ0v) is 5.89. The van der Waals surface area contributed by atoms with E-state index in [4.69, 9.17) is 0 Å². The van der Waals surface area contributed by atoms with E-state index >= 15 is 0 Å². The van der Waals surface area contributed by atoms with Crippen LogP contribution in [0.25, 0.3) is 0 Å². The highest BCUT2D eigenvalue weighted by molar-refractivity contribution is 6.36. The largest absolute Gasteiger partial charge is 0.353 e. The van der Waals surface area contributed by atoms with Gasteiger partial charge < -0.3 is 5.32 Å². The fraction of sp³-hybridized carbons (Fsp3) is 0.667. The molecule has 3 heteroatoms. The topological polar surface area (TPSA) is 46.2 Å². The first-order chi connectivity index (χ1) is 4.09. The summed E-state index contributed by atoms with van der Waals surface area (Å²) in [6.45, 7) is 3.38. The number of likely N-dealkylation sites (N-methyl/N-ethyl adjacent to an activating group) is 1. The first-order valence-corrected chi connectivity index (χ1v) is 2.85. The highest BCUT2D eigenvalue weighted by Gasteiger charge is 2.14. The van der Waals surface area contributed by atoms with Crippen molar-refractivity contribution in [1.82, 2.24) is 5.32 Å². The van der Waals surface area contributed by atoms with Gasteiger partial charge in [0.2, 0.25) is 5.78 Å². The van der Waals surface area contributed by atoms with Gasteiger partial charge in [0.05, 0.1) is 0 Å². The highest BCUT2D eigenvalue weighted by atomic mass is 16.2. The van der Waals surface area contributed by atoms with E-state index < -0.39 is 5.91 Å². The van der Waals surface area contributed by atoms with Gasteiger partial charge in [0.15, 0.2) is 0 Å². The van der Waals surface area contributed by atoms with E-state index in [9.17, 15) is 9.59 Å². The highest BCUT2D eigenvalue weighted by Crippen LogP contribution is 1.92. The number of hydrogen-bond acceptors (Lipinski definition) is 2. The molecule has 1 N–H and O–H groups in total. The van der Waals surface area contributed by atoms with Crippen LogP contribution in [-0.2, 0) is 9.59 Å². The monoisotopic (exact) mass is 131 g/mol. The molecule has 0 aliphatic rings. The van der Waals surface area contributed by atoms with Gasteiger partial charge in [0.1, 0.15) is 0 Å². The molecule has 0 unspecified atom stereocenters. The Morgan fingerprint density at radius 3 is 2.00 bits per heavy atom. The van der Waals surface area contributed by atoms with Gasteiger partial charge in [-0.05, 0) is 0 Å². The van der Waals surface area contributed by atoms with Gasteiger partial charge in [-0.2, -0.15) is 0 Å². The van der Waals surface area contributed by atoms with Crippen LogP contribution in [0.1, 0.15) is 15.3 Å². The quantitative estimate of drug-likeness (QED) is 0.544. The molecule has 54 valence electrons. The third-order valence-electron chi connectivity index (χ3n) is 0.975. The minimum Gasteiger partial charge on any atom is -0.353 e. The second kappa shape index (κ2) is 3.22. The molecule has 0 aliphatic carbocycles. The average Bonchev–Trinajstić information content (AvgIpc) is 1.84. The van der Waals surface area contributed by atoms with Crippen LogP contribution in [0.3, 0.4) is 0 Å². The second-order valence-corrected chi connectivity index (χ2v) is 2.10. The fourth-order valence-electron chi connectivity index (χ4n) is 0.385. The van der Waals surface area contributed by atoms with E-state index in [1.54, 1.807) is 13.8 Å². The molecule has 0 fully saturated rings. The van der Waals surface area contributed by atoms with Crippen molar-refractivity contribution >= 4 is 11.7 Å². The van der Waals surface area contributed by atoms with Crippen molar-refractivity contribution in [3.05, 3.63) is 0 Å². The summed E-state index contributed by atoms with van der Waals surface area (Å²) in [6.07, 6.45) is 0. The van der Waals surface area contributed by atoms with Crippen LogP contribution in [0, 0.1) is 5.92 Å². The lowest BCUT2D eigenvalue weighted by molar-refractivity contribution is -0.139. The summed E-state index contributed by atoms with van der Waals surface area (Å²) in [5.74, 6) is -1.08. The van der Waals surface area contributed by atoms with Crippen LogP contribution >= 0.6 is 0 Å². The molecular weight excluding hydrogens is 118 g/mol. The number of amides is 1. The molecule has 1 amide bonds. The Bertz CT molecular complexity index is 134. The van der Waals surface area contributed by atoms with E-state index in [-0.39, 0.29) is 13.1 Å². The molecule has 0 rings (SSSR count). The molecule has 9 heavy (non-hydrogen) atoms. The Labute approximate surface area is 55.9 Å². The molecule has 0 bridgehead atoms. The van der Waals surface area contributed by atoms with Crippen LogP contribution in [0.2, 0.25) is 0 Å². The maximum atomic E-state index is 10.7. The van der Waals surface area contributed by atoms with Crippen molar-refractivity contribution in [2.75, 3.05) is 7.05 Å². The van der Waals surface area contributed by atoms with E-state index in [1.807, 2.05) is 0 Å². The molecule has 0 heterocycles. The molecule has 0 aliphatic heterocycles. The molecule has 0 aromatic heterocycles. The average molecular weight is 131 g/mol. The number of carbonyl (C=O) groups excluding carboxylic acids is 2. The minimum atomic E-state index is -0.509. The molecule has 0 saturated heterocycles. The molecule has 0 spiro atoms. The molecule has 0 aromatic carbocycles. The van der Waals surface area contributed by atoms with Crippen molar-refractivity contribution in [3.63, 3.8) is 0 Å². The fourth-order valence-corrected chi connectivity index (χ4v) is 0.385. The van der Waals surface area contributed by atoms with E-state index in [1.165, 1.54) is 7.05 Å². The zero-order valence-electron chi connectivity index (χ0n) is 5.89. The van der Waals surface area contributed by atoms with Gasteiger partial charge in [0.25, 0.3) is 5.91 Å². The van der Waals surface area contributed by atoms with Crippen molar-refractivity contribution in [1.29, 1.82) is 0 Å². The van der Waals surface area contributed by atoms with E-state index in [0.29, 0.717) is 0 Å². The number of ketones is 1. The summed E-state index contributed by atoms with van der Waals surface area (Å²) >= 11 is 0. The lowest BCUT2D eigenvalue weighted by atomic mass is 10.1. The summed E-state index contributed by atoms with van der Waals surface area (Å²) in [6, 6.07) is 0. The number of Topliss-reactive ketones (excluding diaryl/α,β-unsaturated/α-hetero) is 1. The lowest BCUT2D eigenvalue weighted by Gasteiger charge is -1.99. The number of nitrogens with one attached hydrogen (secondary N) is 1. The van der Waals surface area contributed by atoms with Gasteiger partial charge in [-0.25, -0.2) is 0 Å². The van der Waals surface area contributed by atoms with Gasteiger partial charge in [0, 0.05) is 14.4 Å². The molecule has 0 aromatic rings. The van der Waals surface area contributed by atoms with Crippen LogP contribution < -0.4 is 5.32 Å². The van der Waals surface area contributed by atoms with Crippen molar-refractivity contribution in [2.45, 2.75) is 13.8 Å². The number of carbonyl (C=O) groups is 2. The second-order valence-electron chi connectivity index (χ2n) is 2.10. The van der Waals surface area contributed by atoms with E-state index in [2.05, 4.69) is 5.32 Å². The molecule has 0 saturated carbocycles. The van der Waals surface area contributed by atoms with Crippen LogP contribution in [0.15, 0.2) is 0 Å². The van der Waals surface area contributed by atoms with Gasteiger partial charge in [-0.3, -0.25) is 9.59 Å². The Hall–Kier alpha value is -0.860. The minimum absolute atomic E-state index is 0. The summed E-state index contributed by atoms with van der Waals surface area (Å²) in [4.78, 5) is 21.2. The third-order valence-corrected chi connectivity index (χ3v) is 0.975. The van der Waals surface area contributed by atoms with Crippen molar-refractivity contribution < 1.29 is 11.0 Å². The first kappa shape index (κ1) is 8.14. The Balaban J connectivity index is 0. The number of rotatable bonds is 2. The maximum Gasteiger partial charge on any atom is 0.287 e. The predicted molar refractivity (Wildman–Crippen MR) is 36.0 cm³/mol. The summed E-state index contributed by atoms with van der Waals surface area (Å²) in [5.41, 5.74) is 0. The van der Waals surface area contributed by atoms with Crippen LogP contribution in [0.4, 0.5) is 0 Å². The van der Waals surface area contributed by atoms with Gasteiger partial charge >= 0.3 is 0 Å². The maximum absolute atomic E-state index is 10.7. The summed E-state index contributed by atoms with van der Waals surface area (Å²) in [5, 5.41) is 2.26. The Morgan fingerprint density at radius 2 is 1.89 bits per heavy atom. The summed E-state index contributed by atoms with van der Waals surface area (Å²) < 4.78 is 0. The predicted octanol–water partition coefficient (Wildman–Crippen LogP) is 0.203. The van der Waals surface area contributed by atoms with Crippen LogP contribution in [0.5, 0.6) is 0 Å². The van der Waals surface area contributed by atoms with Crippen LogP contribution in [-0.4, -0.2) is 18.7 Å². The lowest BCUT2D eigenvalue weighted by Crippen LogP contribution is -2.30. The van der Waals surface area contributed by atoms with Crippen molar-refractivity contribution in [2.24, 2.45) is 5.92 Å². The smallest absolute Gasteiger partial charge is 0.287 e. The van der Waals surface area contributed by atoms with E-state index in [0.717, 1.165) is 0 Å². The number of hydrogen-bond donors (Lipinski definition) is 1. The third kappa shape index (κ3) is 2.26. The summed E-state index contributed by atoms with van der Waals surface area (Å²) in [7, 11) is 1.45. The standard InChI is InChI=1S/C6H11NO2.H2/c1-4(2)5(8)6(9)7-3;/h4H,1-3H3,(H,7,9);1H.